The third kappa shape index (κ3) is 3.65. The van der Waals surface area contributed by atoms with Gasteiger partial charge >= 0.3 is 0 Å². The fourth-order valence-corrected chi connectivity index (χ4v) is 4.91. The quantitative estimate of drug-likeness (QED) is 0.807. The first-order valence-electron chi connectivity index (χ1n) is 9.47. The number of hydrogen-bond donors (Lipinski definition) is 1. The molecule has 2 aliphatic heterocycles. The second kappa shape index (κ2) is 6.68. The topological polar surface area (TPSA) is 95.7 Å². The highest BCUT2D eigenvalue weighted by atomic mass is 32.2. The second-order valence-electron chi connectivity index (χ2n) is 8.47. The number of rotatable bonds is 5. The number of hydrogen-bond acceptors (Lipinski definition) is 6. The molecular formula is C17H27N7O2S. The molecule has 148 valence electrons. The summed E-state index contributed by atoms with van der Waals surface area (Å²) in [7, 11) is -3.33. The van der Waals surface area contributed by atoms with E-state index in [9.17, 15) is 8.42 Å². The Kier molecular flexibility index (Phi) is 4.59. The molecule has 2 fully saturated rings. The van der Waals surface area contributed by atoms with Gasteiger partial charge in [-0.05, 0) is 25.0 Å². The Balaban J connectivity index is 1.38. The van der Waals surface area contributed by atoms with Gasteiger partial charge < -0.3 is 4.90 Å². The van der Waals surface area contributed by atoms with Crippen molar-refractivity contribution < 1.29 is 8.42 Å². The number of fused-ring (bicyclic) bond motifs is 1. The largest absolute Gasteiger partial charge is 0.354 e. The summed E-state index contributed by atoms with van der Waals surface area (Å²) in [4.78, 5) is 2.15. The summed E-state index contributed by atoms with van der Waals surface area (Å²) in [5, 5.41) is 13.2. The van der Waals surface area contributed by atoms with E-state index in [-0.39, 0.29) is 5.41 Å². The van der Waals surface area contributed by atoms with Crippen LogP contribution in [0, 0.1) is 5.92 Å². The van der Waals surface area contributed by atoms with Gasteiger partial charge in [0.15, 0.2) is 11.5 Å². The van der Waals surface area contributed by atoms with Gasteiger partial charge in [0.25, 0.3) is 10.2 Å². The van der Waals surface area contributed by atoms with Crippen LogP contribution in [0.1, 0.15) is 39.4 Å². The summed E-state index contributed by atoms with van der Waals surface area (Å²) in [5.41, 5.74) is 0.593. The molecule has 0 bridgehead atoms. The van der Waals surface area contributed by atoms with Crippen LogP contribution in [0.15, 0.2) is 12.1 Å². The Hall–Kier alpha value is -1.78. The van der Waals surface area contributed by atoms with E-state index in [1.165, 1.54) is 0 Å². The van der Waals surface area contributed by atoms with E-state index in [0.29, 0.717) is 25.6 Å². The second-order valence-corrected chi connectivity index (χ2v) is 10.2. The molecule has 0 spiro atoms. The summed E-state index contributed by atoms with van der Waals surface area (Å²) in [6, 6.07) is 3.87. The van der Waals surface area contributed by atoms with Gasteiger partial charge in [-0.2, -0.15) is 17.2 Å². The van der Waals surface area contributed by atoms with Crippen LogP contribution in [0.4, 0.5) is 5.82 Å². The molecule has 2 aromatic rings. The lowest BCUT2D eigenvalue weighted by molar-refractivity contribution is 0.391. The van der Waals surface area contributed by atoms with Crippen LogP contribution in [0.3, 0.4) is 0 Å². The molecule has 0 amide bonds. The maximum atomic E-state index is 12.2. The van der Waals surface area contributed by atoms with Gasteiger partial charge in [0, 0.05) is 44.1 Å². The number of anilines is 1. The van der Waals surface area contributed by atoms with E-state index in [1.54, 1.807) is 8.82 Å². The van der Waals surface area contributed by atoms with Gasteiger partial charge in [-0.3, -0.25) is 0 Å². The molecule has 2 saturated heterocycles. The molecule has 27 heavy (non-hydrogen) atoms. The summed E-state index contributed by atoms with van der Waals surface area (Å²) in [6.45, 7) is 9.56. The molecule has 4 rings (SSSR count). The van der Waals surface area contributed by atoms with Crippen LogP contribution in [0.25, 0.3) is 5.65 Å². The van der Waals surface area contributed by atoms with Crippen molar-refractivity contribution in [2.75, 3.05) is 37.6 Å². The first kappa shape index (κ1) is 18.6. The molecular weight excluding hydrogens is 366 g/mol. The van der Waals surface area contributed by atoms with E-state index < -0.39 is 10.2 Å². The lowest BCUT2D eigenvalue weighted by atomic mass is 9.96. The fourth-order valence-electron chi connectivity index (χ4n) is 3.54. The monoisotopic (exact) mass is 393 g/mol. The van der Waals surface area contributed by atoms with Gasteiger partial charge in [0.1, 0.15) is 5.82 Å². The van der Waals surface area contributed by atoms with Crippen molar-refractivity contribution in [3.05, 3.63) is 18.0 Å². The van der Waals surface area contributed by atoms with Crippen molar-refractivity contribution >= 4 is 21.7 Å². The van der Waals surface area contributed by atoms with E-state index in [1.807, 2.05) is 12.1 Å². The predicted molar refractivity (Wildman–Crippen MR) is 103 cm³/mol. The van der Waals surface area contributed by atoms with E-state index in [0.717, 1.165) is 43.2 Å². The zero-order valence-electron chi connectivity index (χ0n) is 16.1. The molecule has 2 aromatic heterocycles. The molecule has 0 radical (unpaired) electrons. The number of aromatic nitrogens is 4. The van der Waals surface area contributed by atoms with Crippen LogP contribution in [-0.4, -0.2) is 65.3 Å². The Labute approximate surface area is 159 Å². The number of nitrogens with zero attached hydrogens (tertiary/aromatic N) is 6. The molecule has 0 aromatic carbocycles. The zero-order chi connectivity index (χ0) is 19.2. The van der Waals surface area contributed by atoms with Crippen molar-refractivity contribution in [1.82, 2.24) is 28.8 Å². The molecule has 4 heterocycles. The highest BCUT2D eigenvalue weighted by Crippen LogP contribution is 2.25. The third-order valence-corrected chi connectivity index (χ3v) is 6.74. The highest BCUT2D eigenvalue weighted by Gasteiger charge is 2.32. The average Bonchev–Trinajstić information content (AvgIpc) is 3.22. The van der Waals surface area contributed by atoms with Crippen LogP contribution in [0.2, 0.25) is 0 Å². The summed E-state index contributed by atoms with van der Waals surface area (Å²) in [6.07, 6.45) is 1.90. The van der Waals surface area contributed by atoms with Gasteiger partial charge in [-0.1, -0.05) is 20.8 Å². The zero-order valence-corrected chi connectivity index (χ0v) is 16.9. The SMILES string of the molecule is CC(C)(C)c1nnc2ccc(N3CC(CNS(=O)(=O)N4CCCC4)C3)nn12. The van der Waals surface area contributed by atoms with E-state index >= 15 is 0 Å². The van der Waals surface area contributed by atoms with Crippen molar-refractivity contribution in [1.29, 1.82) is 0 Å². The smallest absolute Gasteiger partial charge is 0.279 e. The first-order chi connectivity index (χ1) is 12.7. The molecule has 0 saturated carbocycles. The molecule has 0 unspecified atom stereocenters. The lowest BCUT2D eigenvalue weighted by Gasteiger charge is -2.40. The summed E-state index contributed by atoms with van der Waals surface area (Å²) < 4.78 is 30.6. The van der Waals surface area contributed by atoms with Crippen LogP contribution in [-0.2, 0) is 15.6 Å². The highest BCUT2D eigenvalue weighted by molar-refractivity contribution is 7.87. The third-order valence-electron chi connectivity index (χ3n) is 5.16. The maximum absolute atomic E-state index is 12.2. The lowest BCUT2D eigenvalue weighted by Crippen LogP contribution is -2.53. The predicted octanol–water partition coefficient (Wildman–Crippen LogP) is 0.788. The van der Waals surface area contributed by atoms with Crippen LogP contribution >= 0.6 is 0 Å². The molecule has 1 N–H and O–H groups in total. The Bertz CT molecular complexity index is 922. The molecule has 2 aliphatic rings. The standard InChI is InChI=1S/C17H27N7O2S/c1-17(2,3)16-20-19-14-6-7-15(21-24(14)16)22-11-13(12-22)10-18-27(25,26)23-8-4-5-9-23/h6-7,13,18H,4-5,8-12H2,1-3H3. The Morgan fingerprint density at radius 1 is 1.15 bits per heavy atom. The normalized spacial score (nSPS) is 19.7. The van der Waals surface area contributed by atoms with Gasteiger partial charge in [0.2, 0.25) is 0 Å². The molecule has 0 atom stereocenters. The Morgan fingerprint density at radius 2 is 1.85 bits per heavy atom. The van der Waals surface area contributed by atoms with Gasteiger partial charge in [0.05, 0.1) is 0 Å². The minimum atomic E-state index is -3.33. The Morgan fingerprint density at radius 3 is 2.52 bits per heavy atom. The van der Waals surface area contributed by atoms with Gasteiger partial charge in [-0.25, -0.2) is 4.72 Å². The molecule has 10 heteroatoms. The summed E-state index contributed by atoms with van der Waals surface area (Å²) >= 11 is 0. The summed E-state index contributed by atoms with van der Waals surface area (Å²) in [5.74, 6) is 1.99. The average molecular weight is 394 g/mol. The van der Waals surface area contributed by atoms with Crippen molar-refractivity contribution in [2.24, 2.45) is 5.92 Å². The fraction of sp³-hybridized carbons (Fsp3) is 0.706. The molecule has 9 nitrogen and oxygen atoms in total. The van der Waals surface area contributed by atoms with Crippen LogP contribution < -0.4 is 9.62 Å². The minimum absolute atomic E-state index is 0.142. The minimum Gasteiger partial charge on any atom is -0.354 e. The first-order valence-corrected chi connectivity index (χ1v) is 10.9. The van der Waals surface area contributed by atoms with Crippen molar-refractivity contribution in [3.8, 4) is 0 Å². The molecule has 0 aliphatic carbocycles. The van der Waals surface area contributed by atoms with Crippen LogP contribution in [0.5, 0.6) is 0 Å². The number of nitrogens with one attached hydrogen (secondary N) is 1. The van der Waals surface area contributed by atoms with E-state index in [4.69, 9.17) is 5.10 Å². The van der Waals surface area contributed by atoms with Gasteiger partial charge in [-0.15, -0.1) is 15.3 Å². The van der Waals surface area contributed by atoms with Crippen molar-refractivity contribution in [2.45, 2.75) is 39.0 Å². The van der Waals surface area contributed by atoms with E-state index in [2.05, 4.69) is 40.6 Å². The maximum Gasteiger partial charge on any atom is 0.279 e. The van der Waals surface area contributed by atoms with Crippen molar-refractivity contribution in [3.63, 3.8) is 0 Å².